The number of Topliss-reactive ketones (excluding diaryl/α,β-unsaturated/α-hetero) is 2. The number of ether oxygens (including phenoxy) is 4. The molecule has 0 aliphatic heterocycles. The SMILES string of the molecule is C=C(C)C(=O)OCCC[Si](OCC)(OCC)OCC.C=C(C)C(C)=O.CC(C)(Br)C(=O)OCCC(=O)O.CCO[Si](CCCOC(=O)C(C)(Br)CC(C)(CC(C)(C)C(=O)OCCC(=O)O)C(C)=O)(OCC)OCC.[Cu][Br].c1ccc(-c2ccccn2)nc1. The number of esters is 4. The number of carbonyl (C=O) groups is 8. The van der Waals surface area contributed by atoms with E-state index in [-0.39, 0.29) is 63.0 Å². The van der Waals surface area contributed by atoms with Gasteiger partial charge in [0.25, 0.3) is 0 Å². The second-order valence-electron chi connectivity index (χ2n) is 20.6. The standard InChI is InChI=1S/C25H45BrO10Si.C13H26O5Si.C10H8N2.C7H11BrO4.C5H8O.BrH.Cu/c1-9-34-37(35-10-2,36-11-3)16-12-14-32-22(31)25(8,26)18-24(7,19(4)27)17-23(5,6)21(30)33-15-13-20(28)29;1-6-16-19(17-7-2,18-8-3)11-9-10-15-13(14)12(4)5;1-3-7-11-9(5-1)10-6-2-4-8-12-10;1-7(2,8)6(11)12-4-3-5(9)10;1-4(2)5(3)6;;/h9-18H2,1-8H3,(H,28,29);4,6-11H2,1-3,5H3;1-8H;3-4H2,1-2H3,(H,9,10);1H2,2-3H3;1H;/q;;;;;;+1/p-1. The fourth-order valence-electron chi connectivity index (χ4n) is 7.20. The monoisotopic (exact) mass is 1520 g/mol. The molecule has 2 aromatic heterocycles. The van der Waals surface area contributed by atoms with Crippen molar-refractivity contribution in [2.45, 2.75) is 170 Å². The number of pyridine rings is 2. The van der Waals surface area contributed by atoms with Gasteiger partial charge in [-0.25, -0.2) is 4.79 Å². The molecule has 0 aromatic carbocycles. The molecule has 0 spiro atoms. The number of carbonyl (C=O) groups excluding carboxylic acids is 6. The molecule has 2 N–H and O–H groups in total. The first-order valence-electron chi connectivity index (χ1n) is 28.6. The van der Waals surface area contributed by atoms with Gasteiger partial charge in [0, 0.05) is 75.1 Å². The van der Waals surface area contributed by atoms with Gasteiger partial charge >= 0.3 is 81.7 Å². The van der Waals surface area contributed by atoms with Crippen LogP contribution >= 0.6 is 46.0 Å². The third-order valence-electron chi connectivity index (χ3n) is 11.4. The van der Waals surface area contributed by atoms with Crippen molar-refractivity contribution in [1.82, 2.24) is 9.97 Å². The maximum absolute atomic E-state index is 13.0. The Kier molecular flexibility index (Phi) is 51.2. The molecule has 0 fully saturated rings. The first kappa shape index (κ1) is 90.5. The van der Waals surface area contributed by atoms with Crippen molar-refractivity contribution in [3.8, 4) is 11.4 Å². The van der Waals surface area contributed by atoms with Gasteiger partial charge in [0.1, 0.15) is 27.6 Å². The molecule has 0 aliphatic carbocycles. The first-order chi connectivity index (χ1) is 41.0. The summed E-state index contributed by atoms with van der Waals surface area (Å²) in [7, 11) is -5.45. The summed E-state index contributed by atoms with van der Waals surface area (Å²) in [5, 5.41) is 17.0. The van der Waals surface area contributed by atoms with Crippen molar-refractivity contribution in [2.24, 2.45) is 10.8 Å². The van der Waals surface area contributed by atoms with Crippen molar-refractivity contribution < 1.29 is 108 Å². The summed E-state index contributed by atoms with van der Waals surface area (Å²) in [5.74, 6) is -4.14. The number of hydrogen-bond donors (Lipinski definition) is 2. The summed E-state index contributed by atoms with van der Waals surface area (Å²) in [4.78, 5) is 99.6. The Balaban J connectivity index is -0.000000569. The third kappa shape index (κ3) is 43.0. The molecule has 2 rings (SSSR count). The third-order valence-corrected chi connectivity index (χ3v) is 18.6. The average Bonchev–Trinajstić information content (AvgIpc) is 3.59. The zero-order chi connectivity index (χ0) is 68.8. The number of aliphatic carboxylic acids is 2. The molecule has 28 heteroatoms. The van der Waals surface area contributed by atoms with Crippen LogP contribution < -0.4 is 0 Å². The Hall–Kier alpha value is -3.91. The first-order valence-corrected chi connectivity index (χ1v) is 36.3. The summed E-state index contributed by atoms with van der Waals surface area (Å²) in [6.45, 7) is 37.6. The van der Waals surface area contributed by atoms with Crippen molar-refractivity contribution in [2.75, 3.05) is 66.1 Å². The predicted octanol–water partition coefficient (Wildman–Crippen LogP) is 12.4. The molecule has 508 valence electrons. The zero-order valence-electron chi connectivity index (χ0n) is 54.3. The Morgan fingerprint density at radius 2 is 0.864 bits per heavy atom. The van der Waals surface area contributed by atoms with E-state index in [4.69, 9.17) is 51.0 Å². The molecule has 0 saturated heterocycles. The molecule has 0 bridgehead atoms. The number of alkyl halides is 2. The van der Waals surface area contributed by atoms with E-state index >= 15 is 0 Å². The van der Waals surface area contributed by atoms with Gasteiger partial charge in [0.05, 0.1) is 42.9 Å². The molecule has 2 aromatic rings. The van der Waals surface area contributed by atoms with Crippen LogP contribution in [0.4, 0.5) is 0 Å². The largest absolute Gasteiger partial charge is 0.255 e. The number of nitrogens with zero attached hydrogens (tertiary/aromatic N) is 2. The summed E-state index contributed by atoms with van der Waals surface area (Å²) >= 11 is 13.0. The number of halogens is 3. The number of hydrogen-bond acceptors (Lipinski definition) is 20. The van der Waals surface area contributed by atoms with Crippen molar-refractivity contribution in [1.29, 1.82) is 0 Å². The Labute approximate surface area is 556 Å². The zero-order valence-corrected chi connectivity index (χ0v) is 62.0. The molecule has 2 heterocycles. The van der Waals surface area contributed by atoms with E-state index in [2.05, 4.69) is 88.0 Å². The molecule has 2 unspecified atom stereocenters. The molecule has 0 amide bonds. The van der Waals surface area contributed by atoms with Crippen molar-refractivity contribution >= 4 is 111 Å². The number of carboxylic acids is 2. The van der Waals surface area contributed by atoms with Gasteiger partial charge in [-0.05, 0) is 159 Å². The van der Waals surface area contributed by atoms with Crippen LogP contribution in [0.5, 0.6) is 0 Å². The summed E-state index contributed by atoms with van der Waals surface area (Å²) in [5.41, 5.74) is 0.708. The van der Waals surface area contributed by atoms with Crippen LogP contribution in [0.25, 0.3) is 11.4 Å². The minimum absolute atomic E-state index is 0.0648. The van der Waals surface area contributed by atoms with Crippen LogP contribution in [0.1, 0.15) is 149 Å². The number of allylic oxidation sites excluding steroid dienone is 1. The summed E-state index contributed by atoms with van der Waals surface area (Å²) < 4.78 is 53.0. The van der Waals surface area contributed by atoms with Gasteiger partial charge in [-0.15, -0.1) is 0 Å². The maximum atomic E-state index is 13.0. The Bertz CT molecular complexity index is 2290. The molecule has 88 heavy (non-hydrogen) atoms. The van der Waals surface area contributed by atoms with Gasteiger partial charge in [0.15, 0.2) is 5.78 Å². The average molecular weight is 1530 g/mol. The fraction of sp³-hybridized carbons (Fsp3) is 0.633. The van der Waals surface area contributed by atoms with E-state index in [1.54, 1.807) is 67.8 Å². The van der Waals surface area contributed by atoms with Crippen LogP contribution in [0.3, 0.4) is 0 Å². The van der Waals surface area contributed by atoms with Crippen molar-refractivity contribution in [3.63, 3.8) is 0 Å². The van der Waals surface area contributed by atoms with Gasteiger partial charge in [-0.2, -0.15) is 0 Å². The molecule has 0 radical (unpaired) electrons. The van der Waals surface area contributed by atoms with Crippen LogP contribution in [0, 0.1) is 10.8 Å². The number of carboxylic acid groups (broad SMARTS) is 2. The van der Waals surface area contributed by atoms with Crippen LogP contribution in [0.2, 0.25) is 12.1 Å². The van der Waals surface area contributed by atoms with Crippen LogP contribution in [-0.4, -0.2) is 160 Å². The normalized spacial score (nSPS) is 12.3. The molecule has 0 saturated carbocycles. The van der Waals surface area contributed by atoms with E-state index < -0.39 is 66.9 Å². The predicted molar refractivity (Wildman–Crippen MR) is 347 cm³/mol. The summed E-state index contributed by atoms with van der Waals surface area (Å²) in [6, 6.07) is 12.7. The molecular formula is C60H98Br3CuN2O20Si2. The quantitative estimate of drug-likeness (QED) is 0.0159. The fourth-order valence-corrected chi connectivity index (χ4v) is 13.2. The van der Waals surface area contributed by atoms with E-state index in [9.17, 15) is 38.4 Å². The number of rotatable bonds is 37. The second kappa shape index (κ2) is 49.8. The van der Waals surface area contributed by atoms with E-state index in [1.807, 2.05) is 77.9 Å². The minimum Gasteiger partial charge on any atom is -0.255 e. The van der Waals surface area contributed by atoms with Crippen LogP contribution in [0.15, 0.2) is 73.1 Å². The Morgan fingerprint density at radius 1 is 0.523 bits per heavy atom. The number of ketones is 2. The maximum Gasteiger partial charge on any atom is 0.0886 e. The van der Waals surface area contributed by atoms with E-state index in [1.165, 1.54) is 13.8 Å². The molecule has 22 nitrogen and oxygen atoms in total. The Morgan fingerprint density at radius 3 is 1.15 bits per heavy atom. The number of aromatic nitrogens is 2. The van der Waals surface area contributed by atoms with Gasteiger partial charge in [-0.3, -0.25) is 43.5 Å². The molecule has 2 atom stereocenters. The smallest absolute Gasteiger partial charge is 0.0886 e. The van der Waals surface area contributed by atoms with Crippen molar-refractivity contribution in [3.05, 3.63) is 73.1 Å². The topological polar surface area (TPSA) is 295 Å². The van der Waals surface area contributed by atoms with Gasteiger partial charge < -0.3 is 55.7 Å². The molecular weight excluding hydrogens is 1430 g/mol. The van der Waals surface area contributed by atoms with Gasteiger partial charge in [-0.1, -0.05) is 64.1 Å². The van der Waals surface area contributed by atoms with Crippen LogP contribution in [-0.2, 0) is 98.1 Å². The minimum atomic E-state index is -2.84. The second-order valence-corrected chi connectivity index (χ2v) is 29.8. The summed E-state index contributed by atoms with van der Waals surface area (Å²) in [6.07, 6.45) is 4.39. The van der Waals surface area contributed by atoms with E-state index in [0.29, 0.717) is 82.3 Å². The molecule has 0 aliphatic rings. The van der Waals surface area contributed by atoms with Gasteiger partial charge in [0.2, 0.25) is 0 Å². The van der Waals surface area contributed by atoms with E-state index in [0.717, 1.165) is 11.4 Å².